The molecule has 1 aliphatic carbocycles. The van der Waals surface area contributed by atoms with Crippen molar-refractivity contribution in [2.75, 3.05) is 0 Å². The van der Waals surface area contributed by atoms with Gasteiger partial charge < -0.3 is 15.5 Å². The first-order chi connectivity index (χ1) is 6.78. The summed E-state index contributed by atoms with van der Waals surface area (Å²) in [5, 5.41) is 3.47. The molecular formula is C11H18N2O. The molecular weight excluding hydrogens is 176 g/mol. The Morgan fingerprint density at radius 2 is 2.14 bits per heavy atom. The predicted octanol–water partition coefficient (Wildman–Crippen LogP) is 1.63. The number of rotatable bonds is 4. The molecule has 0 saturated heterocycles. The molecule has 3 N–H and O–H groups in total. The lowest BCUT2D eigenvalue weighted by atomic mass is 9.82. The van der Waals surface area contributed by atoms with Gasteiger partial charge in [0.1, 0.15) is 11.5 Å². The van der Waals surface area contributed by atoms with Crippen LogP contribution in [0, 0.1) is 5.92 Å². The standard InChI is InChI=1S/C11H18N2O/c1-8-4-9(5-8)13-7-11-3-2-10(6-12)14-11/h2-3,8-9,13H,4-7,12H2,1H3. The summed E-state index contributed by atoms with van der Waals surface area (Å²) in [7, 11) is 0. The Balaban J connectivity index is 1.75. The van der Waals surface area contributed by atoms with Gasteiger partial charge in [0.15, 0.2) is 0 Å². The van der Waals surface area contributed by atoms with Gasteiger partial charge in [0.05, 0.1) is 13.1 Å². The van der Waals surface area contributed by atoms with Crippen molar-refractivity contribution in [3.05, 3.63) is 23.7 Å². The first-order valence-electron chi connectivity index (χ1n) is 5.29. The number of hydrogen-bond acceptors (Lipinski definition) is 3. The summed E-state index contributed by atoms with van der Waals surface area (Å²) >= 11 is 0. The van der Waals surface area contributed by atoms with Crippen LogP contribution in [-0.2, 0) is 13.1 Å². The minimum Gasteiger partial charge on any atom is -0.463 e. The molecule has 1 aliphatic rings. The lowest BCUT2D eigenvalue weighted by Crippen LogP contribution is -2.39. The first-order valence-corrected chi connectivity index (χ1v) is 5.29. The second-order valence-electron chi connectivity index (χ2n) is 4.23. The number of furan rings is 1. The summed E-state index contributed by atoms with van der Waals surface area (Å²) in [6.07, 6.45) is 2.59. The van der Waals surface area contributed by atoms with Crippen LogP contribution < -0.4 is 11.1 Å². The molecule has 1 fully saturated rings. The van der Waals surface area contributed by atoms with Crippen molar-refractivity contribution in [3.63, 3.8) is 0 Å². The van der Waals surface area contributed by atoms with Crippen molar-refractivity contribution < 1.29 is 4.42 Å². The molecule has 78 valence electrons. The maximum Gasteiger partial charge on any atom is 0.118 e. The monoisotopic (exact) mass is 194 g/mol. The van der Waals surface area contributed by atoms with Crippen molar-refractivity contribution in [2.24, 2.45) is 11.7 Å². The van der Waals surface area contributed by atoms with Crippen molar-refractivity contribution in [3.8, 4) is 0 Å². The van der Waals surface area contributed by atoms with Crippen molar-refractivity contribution in [1.82, 2.24) is 5.32 Å². The lowest BCUT2D eigenvalue weighted by molar-refractivity contribution is 0.235. The van der Waals surface area contributed by atoms with Crippen LogP contribution in [0.4, 0.5) is 0 Å². The lowest BCUT2D eigenvalue weighted by Gasteiger charge is -2.33. The van der Waals surface area contributed by atoms with Crippen LogP contribution in [-0.4, -0.2) is 6.04 Å². The number of nitrogens with two attached hydrogens (primary N) is 1. The van der Waals surface area contributed by atoms with Crippen molar-refractivity contribution in [1.29, 1.82) is 0 Å². The SMILES string of the molecule is CC1CC(NCc2ccc(CN)o2)C1. The molecule has 14 heavy (non-hydrogen) atoms. The Labute approximate surface area is 84.7 Å². The van der Waals surface area contributed by atoms with Gasteiger partial charge in [-0.1, -0.05) is 6.92 Å². The average molecular weight is 194 g/mol. The molecule has 3 heteroatoms. The second kappa shape index (κ2) is 4.15. The maximum absolute atomic E-state index is 5.49. The van der Waals surface area contributed by atoms with E-state index in [-0.39, 0.29) is 0 Å². The van der Waals surface area contributed by atoms with E-state index in [9.17, 15) is 0 Å². The third-order valence-electron chi connectivity index (χ3n) is 2.86. The molecule has 1 heterocycles. The van der Waals surface area contributed by atoms with E-state index in [1.165, 1.54) is 12.8 Å². The van der Waals surface area contributed by atoms with Crippen LogP contribution in [0.1, 0.15) is 31.3 Å². The number of hydrogen-bond donors (Lipinski definition) is 2. The molecule has 0 bridgehead atoms. The number of nitrogens with one attached hydrogen (secondary N) is 1. The van der Waals surface area contributed by atoms with E-state index in [4.69, 9.17) is 10.2 Å². The minimum absolute atomic E-state index is 0.487. The Kier molecular flexibility index (Phi) is 2.89. The molecule has 0 spiro atoms. The molecule has 0 aliphatic heterocycles. The van der Waals surface area contributed by atoms with E-state index < -0.39 is 0 Å². The highest BCUT2D eigenvalue weighted by atomic mass is 16.3. The van der Waals surface area contributed by atoms with Crippen LogP contribution in [0.25, 0.3) is 0 Å². The Morgan fingerprint density at radius 3 is 2.71 bits per heavy atom. The van der Waals surface area contributed by atoms with E-state index in [0.29, 0.717) is 12.6 Å². The molecule has 0 atom stereocenters. The fourth-order valence-electron chi connectivity index (χ4n) is 1.94. The first kappa shape index (κ1) is 9.74. The van der Waals surface area contributed by atoms with Gasteiger partial charge in [-0.2, -0.15) is 0 Å². The van der Waals surface area contributed by atoms with Crippen LogP contribution in [0.2, 0.25) is 0 Å². The smallest absolute Gasteiger partial charge is 0.118 e. The third kappa shape index (κ3) is 2.16. The van der Waals surface area contributed by atoms with Gasteiger partial charge in [-0.3, -0.25) is 0 Å². The van der Waals surface area contributed by atoms with Crippen LogP contribution in [0.5, 0.6) is 0 Å². The van der Waals surface area contributed by atoms with Crippen LogP contribution in [0.3, 0.4) is 0 Å². The fourth-order valence-corrected chi connectivity index (χ4v) is 1.94. The summed E-state index contributed by atoms with van der Waals surface area (Å²) in [5.41, 5.74) is 5.46. The molecule has 1 aromatic heterocycles. The van der Waals surface area contributed by atoms with Crippen molar-refractivity contribution in [2.45, 2.75) is 38.9 Å². The average Bonchev–Trinajstić information content (AvgIpc) is 2.58. The molecule has 0 unspecified atom stereocenters. The fraction of sp³-hybridized carbons (Fsp3) is 0.636. The quantitative estimate of drug-likeness (QED) is 0.766. The van der Waals surface area contributed by atoms with Gasteiger partial charge in [-0.05, 0) is 30.9 Å². The van der Waals surface area contributed by atoms with Gasteiger partial charge >= 0.3 is 0 Å². The summed E-state index contributed by atoms with van der Waals surface area (Å²) in [6.45, 7) is 3.61. The highest BCUT2D eigenvalue weighted by Crippen LogP contribution is 2.26. The zero-order valence-corrected chi connectivity index (χ0v) is 8.62. The van der Waals surface area contributed by atoms with Gasteiger partial charge in [0.25, 0.3) is 0 Å². The summed E-state index contributed by atoms with van der Waals surface area (Å²) in [4.78, 5) is 0. The molecule has 0 radical (unpaired) electrons. The molecule has 2 rings (SSSR count). The van der Waals surface area contributed by atoms with Crippen molar-refractivity contribution >= 4 is 0 Å². The zero-order valence-electron chi connectivity index (χ0n) is 8.62. The molecule has 0 aromatic carbocycles. The summed E-state index contributed by atoms with van der Waals surface area (Å²) in [6, 6.07) is 4.63. The Morgan fingerprint density at radius 1 is 1.43 bits per heavy atom. The van der Waals surface area contributed by atoms with Crippen LogP contribution in [0.15, 0.2) is 16.5 Å². The van der Waals surface area contributed by atoms with E-state index in [2.05, 4.69) is 12.2 Å². The Bertz CT molecular complexity index is 289. The van der Waals surface area contributed by atoms with Gasteiger partial charge in [-0.15, -0.1) is 0 Å². The van der Waals surface area contributed by atoms with E-state index in [1.54, 1.807) is 0 Å². The van der Waals surface area contributed by atoms with E-state index in [0.717, 1.165) is 24.0 Å². The topological polar surface area (TPSA) is 51.2 Å². The zero-order chi connectivity index (χ0) is 9.97. The summed E-state index contributed by atoms with van der Waals surface area (Å²) in [5.74, 6) is 2.75. The highest BCUT2D eigenvalue weighted by Gasteiger charge is 2.24. The van der Waals surface area contributed by atoms with Gasteiger partial charge in [0.2, 0.25) is 0 Å². The molecule has 1 aromatic rings. The maximum atomic E-state index is 5.49. The highest BCUT2D eigenvalue weighted by molar-refractivity contribution is 5.06. The van der Waals surface area contributed by atoms with Gasteiger partial charge in [0, 0.05) is 6.04 Å². The minimum atomic E-state index is 0.487. The molecule has 3 nitrogen and oxygen atoms in total. The molecule has 1 saturated carbocycles. The molecule has 0 amide bonds. The Hall–Kier alpha value is -0.800. The second-order valence-corrected chi connectivity index (χ2v) is 4.23. The third-order valence-corrected chi connectivity index (χ3v) is 2.86. The van der Waals surface area contributed by atoms with E-state index in [1.807, 2.05) is 12.1 Å². The predicted molar refractivity (Wildman–Crippen MR) is 55.6 cm³/mol. The normalized spacial score (nSPS) is 26.1. The largest absolute Gasteiger partial charge is 0.463 e. The van der Waals surface area contributed by atoms with Crippen LogP contribution >= 0.6 is 0 Å². The van der Waals surface area contributed by atoms with E-state index >= 15 is 0 Å². The summed E-state index contributed by atoms with van der Waals surface area (Å²) < 4.78 is 5.49. The van der Waals surface area contributed by atoms with Gasteiger partial charge in [-0.25, -0.2) is 0 Å².